The largest absolute Gasteiger partial charge is 0.318 e. The maximum absolute atomic E-state index is 12.5. The van der Waals surface area contributed by atoms with Crippen molar-refractivity contribution in [3.63, 3.8) is 0 Å². The van der Waals surface area contributed by atoms with Crippen molar-refractivity contribution in [2.45, 2.75) is 0 Å². The fraction of sp³-hybridized carbons (Fsp3) is 0. The first kappa shape index (κ1) is 38.2. The second-order valence-electron chi connectivity index (χ2n) is 20.2. The molecule has 0 spiro atoms. The zero-order chi connectivity index (χ0) is 58.8. The quantitative estimate of drug-likeness (QED) is 0.121. The Morgan fingerprint density at radius 1 is 0.388 bits per heavy atom. The van der Waals surface area contributed by atoms with Crippen LogP contribution >= 0.6 is 22.7 Å². The molecule has 0 amide bonds. The summed E-state index contributed by atoms with van der Waals surface area (Å²) in [6, 6.07) is 67.6. The van der Waals surface area contributed by atoms with Crippen molar-refractivity contribution in [2.24, 2.45) is 0 Å². The van der Waals surface area contributed by atoms with Crippen LogP contribution in [0.4, 0.5) is 5.69 Å². The van der Waals surface area contributed by atoms with Crippen LogP contribution in [0.25, 0.3) is 166 Å². The Kier molecular flexibility index (Phi) is 8.17. The smallest absolute Gasteiger partial charge is 0.220 e. The lowest BCUT2D eigenvalue weighted by Gasteiger charge is -2.26. The van der Waals surface area contributed by atoms with E-state index in [2.05, 4.69) is 125 Å². The first-order valence-electron chi connectivity index (χ1n) is 29.8. The average molecular weight is 1060 g/mol. The van der Waals surface area contributed by atoms with Gasteiger partial charge in [0.05, 0.1) is 64.6 Å². The molecule has 0 aliphatic carbocycles. The summed E-state index contributed by atoms with van der Waals surface area (Å²) in [6.07, 6.45) is 0. The standard InChI is InChI=1S/C74H40N4S2/c1-76-66-62(45-24-10-4-11-25-45)59(42-75)67(63(46-26-12-5-13-27-46)70(66)77-60-36-18-32-51-49-28-14-15-29-50(49)52-33-19-37-61(77)65(52)64(51)60)78-68-53(38-40-57-55-34-16-30-47(71(55)79-73(57)68)43-20-6-2-7-21-43)54-39-41-58-56-35-17-31-48(44-22-8-3-9-23-44)72(56)80-74(58)69(54)78/h2-41H/i14D,15D,18D,28D,29D,32D,36D. The molecule has 80 heavy (non-hydrogen) atoms. The van der Waals surface area contributed by atoms with Crippen LogP contribution < -0.4 is 0 Å². The van der Waals surface area contributed by atoms with Gasteiger partial charge in [-0.3, -0.25) is 0 Å². The Balaban J connectivity index is 1.17. The molecule has 0 aliphatic heterocycles. The lowest BCUT2D eigenvalue weighted by Crippen LogP contribution is -2.09. The lowest BCUT2D eigenvalue weighted by molar-refractivity contribution is 1.14. The van der Waals surface area contributed by atoms with Gasteiger partial charge < -0.3 is 9.13 Å². The van der Waals surface area contributed by atoms with Gasteiger partial charge in [-0.15, -0.1) is 22.7 Å². The van der Waals surface area contributed by atoms with Gasteiger partial charge in [0.25, 0.3) is 0 Å². The van der Waals surface area contributed by atoms with E-state index in [0.29, 0.717) is 55.3 Å². The highest BCUT2D eigenvalue weighted by Gasteiger charge is 2.34. The van der Waals surface area contributed by atoms with E-state index >= 15 is 0 Å². The number of thiophene rings is 2. The first-order chi connectivity index (χ1) is 42.6. The van der Waals surface area contributed by atoms with Gasteiger partial charge in [0.1, 0.15) is 6.07 Å². The Labute approximate surface area is 476 Å². The Bertz CT molecular complexity index is 5810. The third-order valence-electron chi connectivity index (χ3n) is 16.2. The maximum atomic E-state index is 12.5. The number of benzene rings is 13. The summed E-state index contributed by atoms with van der Waals surface area (Å²) in [5.74, 6) is 0. The minimum Gasteiger partial charge on any atom is -0.318 e. The fourth-order valence-electron chi connectivity index (χ4n) is 13.0. The zero-order valence-corrected chi connectivity index (χ0v) is 43.8. The maximum Gasteiger partial charge on any atom is 0.220 e. The molecule has 4 heterocycles. The lowest BCUT2D eigenvalue weighted by atomic mass is 9.88. The summed E-state index contributed by atoms with van der Waals surface area (Å²) in [5.41, 5.74) is 10.0. The van der Waals surface area contributed by atoms with E-state index in [-0.39, 0.29) is 57.1 Å². The molecule has 0 saturated carbocycles. The number of nitrogens with zero attached hydrogens (tertiary/aromatic N) is 4. The highest BCUT2D eigenvalue weighted by Crippen LogP contribution is 2.56. The molecule has 0 fully saturated rings. The highest BCUT2D eigenvalue weighted by molar-refractivity contribution is 7.28. The molecule has 0 N–H and O–H groups in total. The topological polar surface area (TPSA) is 38.0 Å². The zero-order valence-electron chi connectivity index (χ0n) is 49.2. The van der Waals surface area contributed by atoms with Crippen molar-refractivity contribution >= 4 is 134 Å². The van der Waals surface area contributed by atoms with Crippen LogP contribution in [0.5, 0.6) is 0 Å². The fourth-order valence-corrected chi connectivity index (χ4v) is 15.7. The molecular formula is C74H40N4S2. The number of hydrogen-bond donors (Lipinski definition) is 0. The van der Waals surface area contributed by atoms with E-state index in [1.165, 1.54) is 0 Å². The van der Waals surface area contributed by atoms with Gasteiger partial charge in [-0.1, -0.05) is 230 Å². The van der Waals surface area contributed by atoms with Crippen LogP contribution in [0.3, 0.4) is 0 Å². The van der Waals surface area contributed by atoms with E-state index in [1.54, 1.807) is 28.7 Å². The number of aromatic nitrogens is 2. The van der Waals surface area contributed by atoms with Crippen molar-refractivity contribution in [3.8, 4) is 62.0 Å². The van der Waals surface area contributed by atoms with E-state index in [9.17, 15) is 18.7 Å². The molecule has 0 unspecified atom stereocenters. The van der Waals surface area contributed by atoms with Crippen LogP contribution in [-0.4, -0.2) is 9.13 Å². The number of nitriles is 1. The summed E-state index contributed by atoms with van der Waals surface area (Å²) in [5, 5.41) is 20.4. The molecule has 0 bridgehead atoms. The van der Waals surface area contributed by atoms with Crippen LogP contribution in [0.1, 0.15) is 15.2 Å². The molecule has 368 valence electrons. The van der Waals surface area contributed by atoms with E-state index < -0.39 is 18.1 Å². The molecular weight excluding hydrogens is 1010 g/mol. The van der Waals surface area contributed by atoms with Crippen LogP contribution in [0, 0.1) is 17.9 Å². The molecule has 17 rings (SSSR count). The summed E-state index contributed by atoms with van der Waals surface area (Å²) >= 11 is 3.43. The molecule has 13 aromatic carbocycles. The van der Waals surface area contributed by atoms with E-state index in [0.717, 1.165) is 84.4 Å². The Morgan fingerprint density at radius 3 is 1.40 bits per heavy atom. The van der Waals surface area contributed by atoms with Gasteiger partial charge in [0.15, 0.2) is 0 Å². The third-order valence-corrected chi connectivity index (χ3v) is 18.7. The Hall–Kier alpha value is -10.3. The first-order valence-corrected chi connectivity index (χ1v) is 27.9. The summed E-state index contributed by atoms with van der Waals surface area (Å²) in [6.45, 7) is 9.58. The minimum atomic E-state index is -0.479. The SMILES string of the molecule is [2H]c1c([2H])c([2H])c2c(c1[2H])c1cccc3c1c1c2c([2H])c([2H])c([2H])c1n3-c1c([N+]#[C-])c(-c2ccccc2)c(C#N)c(-n2c3c(ccc4c5cccc(-c6ccccc6)c5sc43)c3ccc4c5cccc(-c6ccccc6)c5sc4c32)c1-c1ccccc1. The van der Waals surface area contributed by atoms with Crippen molar-refractivity contribution in [1.82, 2.24) is 9.13 Å². The molecule has 0 saturated heterocycles. The minimum absolute atomic E-state index is 0.0808. The van der Waals surface area contributed by atoms with Gasteiger partial charge in [-0.05, 0) is 67.0 Å². The van der Waals surface area contributed by atoms with Crippen molar-refractivity contribution < 1.29 is 9.60 Å². The van der Waals surface area contributed by atoms with Gasteiger partial charge in [0, 0.05) is 63.6 Å². The van der Waals surface area contributed by atoms with Crippen molar-refractivity contribution in [2.75, 3.05) is 0 Å². The third kappa shape index (κ3) is 6.06. The van der Waals surface area contributed by atoms with Crippen LogP contribution in [-0.2, 0) is 0 Å². The normalized spacial score (nSPS) is 13.2. The number of hydrogen-bond acceptors (Lipinski definition) is 3. The molecule has 4 aromatic heterocycles. The number of fused-ring (bicyclic) bond motifs is 14. The predicted molar refractivity (Wildman–Crippen MR) is 340 cm³/mol. The second kappa shape index (κ2) is 17.1. The average Bonchev–Trinajstić information content (AvgIpc) is 1.71. The Morgan fingerprint density at radius 2 is 0.850 bits per heavy atom. The van der Waals surface area contributed by atoms with Crippen LogP contribution in [0.2, 0.25) is 0 Å². The van der Waals surface area contributed by atoms with Gasteiger partial charge >= 0.3 is 0 Å². The molecule has 0 aliphatic rings. The van der Waals surface area contributed by atoms with Gasteiger partial charge in [0.2, 0.25) is 5.69 Å². The van der Waals surface area contributed by atoms with Gasteiger partial charge in [-0.25, -0.2) is 4.85 Å². The van der Waals surface area contributed by atoms with Crippen LogP contribution in [0.15, 0.2) is 242 Å². The predicted octanol–water partition coefficient (Wildman–Crippen LogP) is 21.5. The monoisotopic (exact) mass is 1060 g/mol. The van der Waals surface area contributed by atoms with Crippen molar-refractivity contribution in [3.05, 3.63) is 259 Å². The molecule has 0 radical (unpaired) electrons. The highest BCUT2D eigenvalue weighted by atomic mass is 32.1. The molecule has 6 heteroatoms. The number of rotatable bonds is 6. The molecule has 4 nitrogen and oxygen atoms in total. The van der Waals surface area contributed by atoms with E-state index in [1.807, 2.05) is 89.5 Å². The van der Waals surface area contributed by atoms with Gasteiger partial charge in [-0.2, -0.15) is 5.26 Å². The summed E-state index contributed by atoms with van der Waals surface area (Å²) < 4.78 is 74.6. The summed E-state index contributed by atoms with van der Waals surface area (Å²) in [7, 11) is 0. The molecule has 17 aromatic rings. The molecule has 0 atom stereocenters. The second-order valence-corrected chi connectivity index (χ2v) is 22.2. The van der Waals surface area contributed by atoms with E-state index in [4.69, 9.17) is 2.74 Å². The van der Waals surface area contributed by atoms with Crippen molar-refractivity contribution in [1.29, 1.82) is 5.26 Å². The summed E-state index contributed by atoms with van der Waals surface area (Å²) in [4.78, 5) is 4.53.